The molecule has 0 saturated carbocycles. The van der Waals surface area contributed by atoms with E-state index in [4.69, 9.17) is 10.00 Å². The van der Waals surface area contributed by atoms with E-state index < -0.39 is 0 Å². The van der Waals surface area contributed by atoms with Crippen LogP contribution in [0.3, 0.4) is 0 Å². The van der Waals surface area contributed by atoms with Crippen molar-refractivity contribution >= 4 is 23.3 Å². The average molecular weight is 328 g/mol. The maximum atomic E-state index is 11.3. The van der Waals surface area contributed by atoms with Gasteiger partial charge < -0.3 is 15.4 Å². The van der Waals surface area contributed by atoms with Crippen LogP contribution >= 0.6 is 0 Å². The van der Waals surface area contributed by atoms with Gasteiger partial charge in [-0.25, -0.2) is 5.43 Å². The molecular formula is C16H20N6O2. The van der Waals surface area contributed by atoms with Crippen LogP contribution in [0.4, 0.5) is 5.69 Å². The lowest BCUT2D eigenvalue weighted by Crippen LogP contribution is -2.33. The molecule has 1 aromatic carbocycles. The van der Waals surface area contributed by atoms with Gasteiger partial charge in [0, 0.05) is 31.7 Å². The highest BCUT2D eigenvalue weighted by Crippen LogP contribution is 2.18. The van der Waals surface area contributed by atoms with Crippen molar-refractivity contribution in [3.63, 3.8) is 0 Å². The summed E-state index contributed by atoms with van der Waals surface area (Å²) in [6, 6.07) is 7.56. The number of methoxy groups -OCH3 is 1. The molecule has 2 rings (SSSR count). The lowest BCUT2D eigenvalue weighted by Gasteiger charge is -2.19. The van der Waals surface area contributed by atoms with Gasteiger partial charge in [0.1, 0.15) is 0 Å². The summed E-state index contributed by atoms with van der Waals surface area (Å²) < 4.78 is 4.95. The minimum atomic E-state index is -0.0657. The van der Waals surface area contributed by atoms with Gasteiger partial charge in [-0.1, -0.05) is 19.1 Å². The molecule has 1 unspecified atom stereocenters. The van der Waals surface area contributed by atoms with Gasteiger partial charge in [-0.3, -0.25) is 4.79 Å². The van der Waals surface area contributed by atoms with Gasteiger partial charge in [0.25, 0.3) is 0 Å². The van der Waals surface area contributed by atoms with Gasteiger partial charge in [0.2, 0.25) is 18.1 Å². The molecule has 1 amide bonds. The third-order valence-corrected chi connectivity index (χ3v) is 3.46. The van der Waals surface area contributed by atoms with Gasteiger partial charge >= 0.3 is 0 Å². The number of rotatable bonds is 5. The van der Waals surface area contributed by atoms with Gasteiger partial charge in [0.05, 0.1) is 12.3 Å². The van der Waals surface area contributed by atoms with E-state index in [0.717, 1.165) is 17.0 Å². The molecule has 3 N–H and O–H groups in total. The van der Waals surface area contributed by atoms with Crippen molar-refractivity contribution in [2.75, 3.05) is 25.6 Å². The molecule has 0 aromatic heterocycles. The van der Waals surface area contributed by atoms with Gasteiger partial charge in [-0.2, -0.15) is 10.4 Å². The second-order valence-electron chi connectivity index (χ2n) is 5.32. The van der Waals surface area contributed by atoms with Crippen molar-refractivity contribution in [2.24, 2.45) is 16.0 Å². The van der Waals surface area contributed by atoms with E-state index >= 15 is 0 Å². The number of hydrogen-bond acceptors (Lipinski definition) is 5. The largest absolute Gasteiger partial charge is 0.383 e. The summed E-state index contributed by atoms with van der Waals surface area (Å²) >= 11 is 0. The Balaban J connectivity index is 2.04. The molecule has 8 nitrogen and oxygen atoms in total. The molecular weight excluding hydrogens is 308 g/mol. The predicted molar refractivity (Wildman–Crippen MR) is 91.5 cm³/mol. The normalized spacial score (nSPS) is 17.5. The number of carbonyl (C=O) groups is 1. The summed E-state index contributed by atoms with van der Waals surface area (Å²) in [6.45, 7) is 3.02. The molecule has 1 aliphatic rings. The number of anilines is 1. The van der Waals surface area contributed by atoms with E-state index in [0.29, 0.717) is 25.5 Å². The first-order chi connectivity index (χ1) is 11.6. The number of aliphatic imine (C=N–C) groups is 1. The molecule has 0 fully saturated rings. The van der Waals surface area contributed by atoms with E-state index in [9.17, 15) is 4.79 Å². The molecule has 0 aliphatic carbocycles. The van der Waals surface area contributed by atoms with Crippen LogP contribution in [0, 0.1) is 17.4 Å². The highest BCUT2D eigenvalue weighted by Gasteiger charge is 2.21. The van der Waals surface area contributed by atoms with Crippen molar-refractivity contribution in [1.82, 2.24) is 10.7 Å². The Bertz CT molecular complexity index is 675. The van der Waals surface area contributed by atoms with E-state index in [-0.39, 0.29) is 11.8 Å². The number of nitrogens with one attached hydrogen (secondary N) is 3. The number of amides is 1. The first kappa shape index (κ1) is 17.4. The van der Waals surface area contributed by atoms with Crippen LogP contribution in [-0.2, 0) is 9.53 Å². The zero-order valence-corrected chi connectivity index (χ0v) is 13.7. The number of hydrazone groups is 1. The molecule has 1 aliphatic heterocycles. The number of carbonyl (C=O) groups excluding carboxylic acids is 1. The van der Waals surface area contributed by atoms with Gasteiger partial charge in [0.15, 0.2) is 0 Å². The first-order valence-electron chi connectivity index (χ1n) is 7.57. The fourth-order valence-electron chi connectivity index (χ4n) is 2.30. The van der Waals surface area contributed by atoms with Crippen molar-refractivity contribution in [2.45, 2.75) is 13.3 Å². The highest BCUT2D eigenvalue weighted by molar-refractivity contribution is 6.06. The quantitative estimate of drug-likeness (QED) is 0.323. The summed E-state index contributed by atoms with van der Waals surface area (Å²) in [5.74, 6) is 0.367. The first-order valence-corrected chi connectivity index (χ1v) is 7.57. The molecule has 8 heteroatoms. The molecule has 1 heterocycles. The van der Waals surface area contributed by atoms with Gasteiger partial charge in [-0.05, 0) is 17.7 Å². The SMILES string of the molecule is COCCNC(=NC#N)Nc1ccc(C2=NNC(=O)CC2C)cc1. The molecule has 126 valence electrons. The topological polar surface area (TPSA) is 111 Å². The van der Waals surface area contributed by atoms with E-state index in [1.54, 1.807) is 13.3 Å². The Labute approximate surface area is 140 Å². The zero-order chi connectivity index (χ0) is 17.4. The van der Waals surface area contributed by atoms with Crippen molar-refractivity contribution in [1.29, 1.82) is 5.26 Å². The molecule has 0 spiro atoms. The van der Waals surface area contributed by atoms with Crippen LogP contribution in [0.5, 0.6) is 0 Å². The van der Waals surface area contributed by atoms with Crippen molar-refractivity contribution in [3.8, 4) is 6.19 Å². The fourth-order valence-corrected chi connectivity index (χ4v) is 2.30. The van der Waals surface area contributed by atoms with E-state index in [2.05, 4.69) is 26.2 Å². The Kier molecular flexibility index (Phi) is 6.28. The van der Waals surface area contributed by atoms with Gasteiger partial charge in [-0.15, -0.1) is 4.99 Å². The lowest BCUT2D eigenvalue weighted by atomic mass is 9.94. The minimum Gasteiger partial charge on any atom is -0.383 e. The second-order valence-corrected chi connectivity index (χ2v) is 5.32. The molecule has 0 bridgehead atoms. The summed E-state index contributed by atoms with van der Waals surface area (Å²) in [4.78, 5) is 15.0. The summed E-state index contributed by atoms with van der Waals surface area (Å²) in [5, 5.41) is 18.9. The van der Waals surface area contributed by atoms with Crippen molar-refractivity contribution < 1.29 is 9.53 Å². The maximum absolute atomic E-state index is 11.3. The monoisotopic (exact) mass is 328 g/mol. The van der Waals surface area contributed by atoms with Crippen LogP contribution < -0.4 is 16.1 Å². The third kappa shape index (κ3) is 4.79. The standard InChI is InChI=1S/C16H20N6O2/c1-11-9-14(23)21-22-15(11)12-3-5-13(6-4-12)20-16(19-10-17)18-7-8-24-2/h3-6,11H,7-9H2,1-2H3,(H,21,23)(H2,18,19,20). The number of nitriles is 1. The second kappa shape index (κ2) is 8.64. The number of guanidine groups is 1. The summed E-state index contributed by atoms with van der Waals surface area (Å²) in [6.07, 6.45) is 2.18. The number of hydrogen-bond donors (Lipinski definition) is 3. The molecule has 1 aromatic rings. The number of ether oxygens (including phenoxy) is 1. The summed E-state index contributed by atoms with van der Waals surface area (Å²) in [5.41, 5.74) is 5.09. The number of nitrogens with zero attached hydrogens (tertiary/aromatic N) is 3. The zero-order valence-electron chi connectivity index (χ0n) is 13.7. The maximum Gasteiger partial charge on any atom is 0.240 e. The minimum absolute atomic E-state index is 0.0657. The molecule has 0 radical (unpaired) electrons. The van der Waals surface area contributed by atoms with Crippen LogP contribution in [-0.4, -0.2) is 37.8 Å². The van der Waals surface area contributed by atoms with Crippen molar-refractivity contribution in [3.05, 3.63) is 29.8 Å². The highest BCUT2D eigenvalue weighted by atomic mass is 16.5. The lowest BCUT2D eigenvalue weighted by molar-refractivity contribution is -0.121. The molecule has 0 saturated heterocycles. The summed E-state index contributed by atoms with van der Waals surface area (Å²) in [7, 11) is 1.60. The van der Waals surface area contributed by atoms with Crippen LogP contribution in [0.15, 0.2) is 34.4 Å². The Morgan fingerprint density at radius 1 is 1.50 bits per heavy atom. The molecule has 24 heavy (non-hydrogen) atoms. The van der Waals surface area contributed by atoms with E-state index in [1.807, 2.05) is 31.2 Å². The smallest absolute Gasteiger partial charge is 0.240 e. The van der Waals surface area contributed by atoms with Crippen LogP contribution in [0.2, 0.25) is 0 Å². The molecule has 1 atom stereocenters. The number of benzene rings is 1. The average Bonchev–Trinajstić information content (AvgIpc) is 2.56. The Morgan fingerprint density at radius 2 is 2.25 bits per heavy atom. The Hall–Kier alpha value is -2.92. The predicted octanol–water partition coefficient (Wildman–Crippen LogP) is 1.03. The van der Waals surface area contributed by atoms with Crippen LogP contribution in [0.25, 0.3) is 0 Å². The third-order valence-electron chi connectivity index (χ3n) is 3.46. The van der Waals surface area contributed by atoms with Crippen LogP contribution in [0.1, 0.15) is 18.9 Å². The fraction of sp³-hybridized carbons (Fsp3) is 0.375. The van der Waals surface area contributed by atoms with E-state index in [1.165, 1.54) is 0 Å². The Morgan fingerprint density at radius 3 is 2.88 bits per heavy atom.